The molecule has 0 aliphatic heterocycles. The number of aryl methyl sites for hydroxylation is 1. The molecule has 1 heterocycles. The maximum Gasteiger partial charge on any atom is 0.306 e. The molecular formula is C13H21N3O3. The highest BCUT2D eigenvalue weighted by Crippen LogP contribution is 2.22. The lowest BCUT2D eigenvalue weighted by molar-refractivity contribution is -0.144. The summed E-state index contributed by atoms with van der Waals surface area (Å²) in [6.07, 6.45) is 1.97. The fraction of sp³-hybridized carbons (Fsp3) is 0.615. The smallest absolute Gasteiger partial charge is 0.306 e. The molecule has 6 heteroatoms. The predicted octanol–water partition coefficient (Wildman–Crippen LogP) is 1.83. The Morgan fingerprint density at radius 1 is 1.42 bits per heavy atom. The van der Waals surface area contributed by atoms with E-state index in [9.17, 15) is 9.59 Å². The second-order valence-electron chi connectivity index (χ2n) is 4.61. The van der Waals surface area contributed by atoms with Gasteiger partial charge in [0.1, 0.15) is 0 Å². The van der Waals surface area contributed by atoms with E-state index >= 15 is 0 Å². The van der Waals surface area contributed by atoms with Gasteiger partial charge in [-0.05, 0) is 12.8 Å². The van der Waals surface area contributed by atoms with Crippen LogP contribution in [0.2, 0.25) is 0 Å². The monoisotopic (exact) mass is 267 g/mol. The Morgan fingerprint density at radius 3 is 2.68 bits per heavy atom. The Labute approximate surface area is 113 Å². The summed E-state index contributed by atoms with van der Waals surface area (Å²) < 4.78 is 6.44. The zero-order valence-electron chi connectivity index (χ0n) is 11.9. The molecular weight excluding hydrogens is 246 g/mol. The molecule has 0 unspecified atom stereocenters. The van der Waals surface area contributed by atoms with Crippen LogP contribution in [-0.2, 0) is 21.4 Å². The number of aromatic nitrogens is 2. The molecule has 1 aromatic heterocycles. The van der Waals surface area contributed by atoms with E-state index in [0.29, 0.717) is 12.3 Å². The lowest BCUT2D eigenvalue weighted by Crippen LogP contribution is -2.15. The molecule has 0 aromatic carbocycles. The van der Waals surface area contributed by atoms with E-state index in [4.69, 9.17) is 4.74 Å². The topological polar surface area (TPSA) is 73.2 Å². The Bertz CT molecular complexity index is 452. The van der Waals surface area contributed by atoms with Crippen LogP contribution in [0, 0.1) is 0 Å². The van der Waals surface area contributed by atoms with Crippen molar-refractivity contribution in [3.05, 3.63) is 11.9 Å². The minimum atomic E-state index is -0.354. The number of nitrogens with one attached hydrogen (secondary N) is 1. The summed E-state index contributed by atoms with van der Waals surface area (Å²) in [5.41, 5.74) is 1.54. The lowest BCUT2D eigenvalue weighted by atomic mass is 10.1. The van der Waals surface area contributed by atoms with Gasteiger partial charge in [-0.1, -0.05) is 13.8 Å². The number of anilines is 1. The molecule has 106 valence electrons. The predicted molar refractivity (Wildman–Crippen MR) is 71.8 cm³/mol. The van der Waals surface area contributed by atoms with Gasteiger partial charge >= 0.3 is 5.97 Å². The maximum absolute atomic E-state index is 11.7. The van der Waals surface area contributed by atoms with Gasteiger partial charge in [0.25, 0.3) is 0 Å². The van der Waals surface area contributed by atoms with Crippen molar-refractivity contribution in [3.63, 3.8) is 0 Å². The van der Waals surface area contributed by atoms with Crippen LogP contribution in [0.5, 0.6) is 0 Å². The molecule has 0 aliphatic carbocycles. The Kier molecular flexibility index (Phi) is 5.54. The third kappa shape index (κ3) is 4.73. The molecule has 1 rings (SSSR count). The summed E-state index contributed by atoms with van der Waals surface area (Å²) in [6, 6.07) is 0. The first-order chi connectivity index (χ1) is 8.93. The van der Waals surface area contributed by atoms with E-state index in [1.165, 1.54) is 0 Å². The number of carbonyl (C=O) groups excluding carboxylic acids is 2. The third-order valence-corrected chi connectivity index (χ3v) is 2.54. The third-order valence-electron chi connectivity index (χ3n) is 2.54. The van der Waals surface area contributed by atoms with E-state index in [1.54, 1.807) is 24.9 Å². The molecule has 6 nitrogen and oxygen atoms in total. The van der Waals surface area contributed by atoms with Gasteiger partial charge < -0.3 is 10.1 Å². The molecule has 0 fully saturated rings. The van der Waals surface area contributed by atoms with Crippen molar-refractivity contribution in [1.29, 1.82) is 0 Å². The van der Waals surface area contributed by atoms with Crippen molar-refractivity contribution in [1.82, 2.24) is 9.78 Å². The summed E-state index contributed by atoms with van der Waals surface area (Å²) in [6.45, 7) is 6.09. The van der Waals surface area contributed by atoms with Crippen LogP contribution < -0.4 is 5.32 Å². The van der Waals surface area contributed by atoms with Gasteiger partial charge in [0, 0.05) is 19.7 Å². The van der Waals surface area contributed by atoms with Crippen LogP contribution in [0.15, 0.2) is 6.20 Å². The standard InChI is InChI=1S/C13H21N3O3/c1-5-19-12(18)7-6-11(17)14-10-8-16(4)15-13(10)9(2)3/h8-9H,5-7H2,1-4H3,(H,14,17). The van der Waals surface area contributed by atoms with E-state index in [1.807, 2.05) is 13.8 Å². The first-order valence-corrected chi connectivity index (χ1v) is 6.43. The normalized spacial score (nSPS) is 10.6. The number of nitrogens with zero attached hydrogens (tertiary/aromatic N) is 2. The number of amides is 1. The van der Waals surface area contributed by atoms with E-state index < -0.39 is 0 Å². The van der Waals surface area contributed by atoms with E-state index in [2.05, 4.69) is 10.4 Å². The highest BCUT2D eigenvalue weighted by atomic mass is 16.5. The highest BCUT2D eigenvalue weighted by molar-refractivity contribution is 5.93. The fourth-order valence-electron chi connectivity index (χ4n) is 1.69. The molecule has 0 atom stereocenters. The average molecular weight is 267 g/mol. The second-order valence-corrected chi connectivity index (χ2v) is 4.61. The molecule has 19 heavy (non-hydrogen) atoms. The van der Waals surface area contributed by atoms with Gasteiger partial charge in [0.05, 0.1) is 24.4 Å². The van der Waals surface area contributed by atoms with Crippen molar-refractivity contribution >= 4 is 17.6 Å². The number of ether oxygens (including phenoxy) is 1. The molecule has 1 aromatic rings. The maximum atomic E-state index is 11.7. The Morgan fingerprint density at radius 2 is 2.11 bits per heavy atom. The molecule has 0 saturated carbocycles. The summed E-state index contributed by atoms with van der Waals surface area (Å²) in [5, 5.41) is 7.08. The van der Waals surface area contributed by atoms with Gasteiger partial charge in [-0.25, -0.2) is 0 Å². The number of rotatable bonds is 6. The van der Waals surface area contributed by atoms with Crippen LogP contribution in [0.25, 0.3) is 0 Å². The molecule has 0 aliphatic rings. The quantitative estimate of drug-likeness (QED) is 0.798. The minimum absolute atomic E-state index is 0.0942. The van der Waals surface area contributed by atoms with Crippen LogP contribution in [0.3, 0.4) is 0 Å². The van der Waals surface area contributed by atoms with Gasteiger partial charge in [0.2, 0.25) is 5.91 Å². The molecule has 0 bridgehead atoms. The summed E-state index contributed by atoms with van der Waals surface area (Å²) >= 11 is 0. The number of carbonyl (C=O) groups is 2. The van der Waals surface area contributed by atoms with Crippen LogP contribution in [-0.4, -0.2) is 28.3 Å². The first kappa shape index (κ1) is 15.2. The summed E-state index contributed by atoms with van der Waals surface area (Å²) in [7, 11) is 1.81. The number of hydrogen-bond donors (Lipinski definition) is 1. The van der Waals surface area contributed by atoms with Crippen LogP contribution in [0.4, 0.5) is 5.69 Å². The van der Waals surface area contributed by atoms with Crippen LogP contribution in [0.1, 0.15) is 45.2 Å². The number of esters is 1. The van der Waals surface area contributed by atoms with Gasteiger partial charge in [-0.15, -0.1) is 0 Å². The van der Waals surface area contributed by atoms with Crippen molar-refractivity contribution in [2.75, 3.05) is 11.9 Å². The molecule has 0 saturated heterocycles. The highest BCUT2D eigenvalue weighted by Gasteiger charge is 2.14. The first-order valence-electron chi connectivity index (χ1n) is 6.43. The largest absolute Gasteiger partial charge is 0.466 e. The van der Waals surface area contributed by atoms with Crippen LogP contribution >= 0.6 is 0 Å². The zero-order valence-corrected chi connectivity index (χ0v) is 11.9. The van der Waals surface area contributed by atoms with E-state index in [0.717, 1.165) is 5.69 Å². The second kappa shape index (κ2) is 6.92. The van der Waals surface area contributed by atoms with Gasteiger partial charge in [0.15, 0.2) is 0 Å². The Balaban J connectivity index is 2.55. The SMILES string of the molecule is CCOC(=O)CCC(=O)Nc1cn(C)nc1C(C)C. The van der Waals surface area contributed by atoms with Crippen molar-refractivity contribution in [3.8, 4) is 0 Å². The van der Waals surface area contributed by atoms with Crippen molar-refractivity contribution in [2.24, 2.45) is 7.05 Å². The average Bonchev–Trinajstić information content (AvgIpc) is 2.68. The molecule has 0 radical (unpaired) electrons. The Hall–Kier alpha value is -1.85. The molecule has 1 amide bonds. The van der Waals surface area contributed by atoms with Gasteiger partial charge in [-0.2, -0.15) is 5.10 Å². The van der Waals surface area contributed by atoms with Crippen molar-refractivity contribution in [2.45, 2.75) is 39.5 Å². The fourth-order valence-corrected chi connectivity index (χ4v) is 1.69. The zero-order chi connectivity index (χ0) is 14.4. The lowest BCUT2D eigenvalue weighted by Gasteiger charge is -2.07. The minimum Gasteiger partial charge on any atom is -0.466 e. The molecule has 0 spiro atoms. The summed E-state index contributed by atoms with van der Waals surface area (Å²) in [4.78, 5) is 22.9. The molecule has 1 N–H and O–H groups in total. The van der Waals surface area contributed by atoms with E-state index in [-0.39, 0.29) is 30.6 Å². The number of hydrogen-bond acceptors (Lipinski definition) is 4. The van der Waals surface area contributed by atoms with Gasteiger partial charge in [-0.3, -0.25) is 14.3 Å². The van der Waals surface area contributed by atoms with Crippen molar-refractivity contribution < 1.29 is 14.3 Å². The summed E-state index contributed by atoms with van der Waals surface area (Å²) in [5.74, 6) is -0.336.